The molecule has 0 fully saturated rings. The SMILES string of the molecule is Cc1ccc(C)c(NC(=O)C(C)(C)C(=O)N2CCc3ccccc3C2)c1. The van der Waals surface area contributed by atoms with Crippen molar-refractivity contribution in [2.24, 2.45) is 5.41 Å². The number of aryl methyl sites for hydroxylation is 2. The molecule has 0 saturated heterocycles. The Bertz CT molecular complexity index is 855. The molecule has 0 spiro atoms. The Labute approximate surface area is 155 Å². The third-order valence-corrected chi connectivity index (χ3v) is 5.16. The summed E-state index contributed by atoms with van der Waals surface area (Å²) in [5, 5.41) is 2.94. The van der Waals surface area contributed by atoms with Crippen molar-refractivity contribution in [1.82, 2.24) is 4.90 Å². The Hall–Kier alpha value is -2.62. The molecule has 4 nitrogen and oxygen atoms in total. The number of nitrogens with one attached hydrogen (secondary N) is 1. The Balaban J connectivity index is 1.75. The first-order chi connectivity index (χ1) is 12.3. The monoisotopic (exact) mass is 350 g/mol. The maximum Gasteiger partial charge on any atom is 0.239 e. The summed E-state index contributed by atoms with van der Waals surface area (Å²) in [6, 6.07) is 14.1. The highest BCUT2D eigenvalue weighted by Crippen LogP contribution is 2.27. The zero-order chi connectivity index (χ0) is 18.9. The summed E-state index contributed by atoms with van der Waals surface area (Å²) < 4.78 is 0. The number of carbonyl (C=O) groups is 2. The molecule has 0 radical (unpaired) electrons. The van der Waals surface area contributed by atoms with Gasteiger partial charge < -0.3 is 10.2 Å². The second kappa shape index (κ2) is 6.94. The molecule has 0 aromatic heterocycles. The quantitative estimate of drug-likeness (QED) is 0.855. The number of nitrogens with zero attached hydrogens (tertiary/aromatic N) is 1. The second-order valence-electron chi connectivity index (χ2n) is 7.64. The van der Waals surface area contributed by atoms with Crippen molar-refractivity contribution in [2.75, 3.05) is 11.9 Å². The Morgan fingerprint density at radius 1 is 1.04 bits per heavy atom. The van der Waals surface area contributed by atoms with E-state index in [0.29, 0.717) is 13.1 Å². The molecule has 0 unspecified atom stereocenters. The van der Waals surface area contributed by atoms with Crippen molar-refractivity contribution in [3.05, 3.63) is 64.7 Å². The zero-order valence-electron chi connectivity index (χ0n) is 15.9. The number of carbonyl (C=O) groups excluding carboxylic acids is 2. The first kappa shape index (κ1) is 18.2. The minimum Gasteiger partial charge on any atom is -0.337 e. The molecule has 2 aromatic carbocycles. The molecule has 1 N–H and O–H groups in total. The van der Waals surface area contributed by atoms with Crippen LogP contribution in [0, 0.1) is 19.3 Å². The third kappa shape index (κ3) is 3.50. The number of hydrogen-bond donors (Lipinski definition) is 1. The fourth-order valence-electron chi connectivity index (χ4n) is 3.31. The molecule has 1 heterocycles. The van der Waals surface area contributed by atoms with Gasteiger partial charge in [-0.15, -0.1) is 0 Å². The summed E-state index contributed by atoms with van der Waals surface area (Å²) in [5.41, 5.74) is 4.15. The van der Waals surface area contributed by atoms with Gasteiger partial charge in [0.2, 0.25) is 11.8 Å². The molecule has 0 saturated carbocycles. The van der Waals surface area contributed by atoms with Crippen LogP contribution in [0.3, 0.4) is 0 Å². The van der Waals surface area contributed by atoms with Crippen LogP contribution in [-0.2, 0) is 22.6 Å². The van der Waals surface area contributed by atoms with Crippen LogP contribution < -0.4 is 5.32 Å². The van der Waals surface area contributed by atoms with E-state index in [-0.39, 0.29) is 11.8 Å². The van der Waals surface area contributed by atoms with E-state index in [9.17, 15) is 9.59 Å². The van der Waals surface area contributed by atoms with E-state index in [4.69, 9.17) is 0 Å². The molecule has 2 aromatic rings. The number of benzene rings is 2. The summed E-state index contributed by atoms with van der Waals surface area (Å²) in [5.74, 6) is -0.398. The fourth-order valence-corrected chi connectivity index (χ4v) is 3.31. The number of hydrogen-bond acceptors (Lipinski definition) is 2. The average molecular weight is 350 g/mol. The molecule has 26 heavy (non-hydrogen) atoms. The smallest absolute Gasteiger partial charge is 0.239 e. The molecule has 0 atom stereocenters. The largest absolute Gasteiger partial charge is 0.337 e. The van der Waals surface area contributed by atoms with E-state index in [0.717, 1.165) is 28.8 Å². The van der Waals surface area contributed by atoms with Crippen molar-refractivity contribution in [3.63, 3.8) is 0 Å². The topological polar surface area (TPSA) is 49.4 Å². The van der Waals surface area contributed by atoms with Gasteiger partial charge in [0, 0.05) is 18.8 Å². The molecule has 3 rings (SSSR count). The normalized spacial score (nSPS) is 13.9. The van der Waals surface area contributed by atoms with Gasteiger partial charge in [0.15, 0.2) is 0 Å². The van der Waals surface area contributed by atoms with Crippen LogP contribution >= 0.6 is 0 Å². The summed E-state index contributed by atoms with van der Waals surface area (Å²) in [6.07, 6.45) is 0.830. The van der Waals surface area contributed by atoms with Crippen LogP contribution in [0.4, 0.5) is 5.69 Å². The lowest BCUT2D eigenvalue weighted by atomic mass is 9.88. The van der Waals surface area contributed by atoms with Crippen molar-refractivity contribution in [1.29, 1.82) is 0 Å². The van der Waals surface area contributed by atoms with Gasteiger partial charge in [-0.1, -0.05) is 36.4 Å². The Morgan fingerprint density at radius 3 is 2.46 bits per heavy atom. The minimum absolute atomic E-state index is 0.130. The van der Waals surface area contributed by atoms with E-state index >= 15 is 0 Å². The average Bonchev–Trinajstić information content (AvgIpc) is 2.63. The minimum atomic E-state index is -1.12. The van der Waals surface area contributed by atoms with E-state index in [1.165, 1.54) is 5.56 Å². The maximum absolute atomic E-state index is 13.1. The predicted molar refractivity (Wildman–Crippen MR) is 104 cm³/mol. The van der Waals surface area contributed by atoms with Gasteiger partial charge in [-0.25, -0.2) is 0 Å². The molecule has 2 amide bonds. The maximum atomic E-state index is 13.1. The number of anilines is 1. The van der Waals surface area contributed by atoms with E-state index < -0.39 is 5.41 Å². The highest BCUT2D eigenvalue weighted by atomic mass is 16.2. The molecule has 136 valence electrons. The van der Waals surface area contributed by atoms with Crippen LogP contribution in [0.5, 0.6) is 0 Å². The van der Waals surface area contributed by atoms with E-state index in [1.807, 2.05) is 44.2 Å². The number of fused-ring (bicyclic) bond motifs is 1. The first-order valence-electron chi connectivity index (χ1n) is 9.04. The standard InChI is InChI=1S/C22H26N2O2/c1-15-9-10-16(2)19(13-15)23-20(25)22(3,4)21(26)24-12-11-17-7-5-6-8-18(17)14-24/h5-10,13H,11-12,14H2,1-4H3,(H,23,25). The van der Waals surface area contributed by atoms with Crippen LogP contribution in [0.2, 0.25) is 0 Å². The lowest BCUT2D eigenvalue weighted by Crippen LogP contribution is -2.48. The van der Waals surface area contributed by atoms with Crippen LogP contribution in [0.15, 0.2) is 42.5 Å². The van der Waals surface area contributed by atoms with Crippen LogP contribution in [-0.4, -0.2) is 23.3 Å². The van der Waals surface area contributed by atoms with Crippen molar-refractivity contribution < 1.29 is 9.59 Å². The summed E-state index contributed by atoms with van der Waals surface area (Å²) in [7, 11) is 0. The van der Waals surface area contributed by atoms with Gasteiger partial charge in [0.1, 0.15) is 5.41 Å². The van der Waals surface area contributed by atoms with Crippen molar-refractivity contribution in [3.8, 4) is 0 Å². The molecular weight excluding hydrogens is 324 g/mol. The molecule has 0 aliphatic carbocycles. The highest BCUT2D eigenvalue weighted by molar-refractivity contribution is 6.10. The van der Waals surface area contributed by atoms with Crippen molar-refractivity contribution >= 4 is 17.5 Å². The van der Waals surface area contributed by atoms with Gasteiger partial charge in [-0.2, -0.15) is 0 Å². The molecule has 4 heteroatoms. The van der Waals surface area contributed by atoms with Crippen LogP contribution in [0.25, 0.3) is 0 Å². The van der Waals surface area contributed by atoms with Gasteiger partial charge >= 0.3 is 0 Å². The van der Waals surface area contributed by atoms with E-state index in [1.54, 1.807) is 18.7 Å². The highest BCUT2D eigenvalue weighted by Gasteiger charge is 2.40. The number of rotatable bonds is 3. The lowest BCUT2D eigenvalue weighted by Gasteiger charge is -2.34. The molecule has 1 aliphatic heterocycles. The zero-order valence-corrected chi connectivity index (χ0v) is 15.9. The van der Waals surface area contributed by atoms with Crippen LogP contribution in [0.1, 0.15) is 36.1 Å². The Morgan fingerprint density at radius 2 is 1.73 bits per heavy atom. The molecule has 0 bridgehead atoms. The lowest BCUT2D eigenvalue weighted by molar-refractivity contribution is -0.147. The molecule has 1 aliphatic rings. The van der Waals surface area contributed by atoms with Gasteiger partial charge in [-0.3, -0.25) is 9.59 Å². The summed E-state index contributed by atoms with van der Waals surface area (Å²) in [4.78, 5) is 27.7. The molecular formula is C22H26N2O2. The van der Waals surface area contributed by atoms with E-state index in [2.05, 4.69) is 17.4 Å². The third-order valence-electron chi connectivity index (χ3n) is 5.16. The van der Waals surface area contributed by atoms with Gasteiger partial charge in [-0.05, 0) is 62.4 Å². The predicted octanol–water partition coefficient (Wildman–Crippen LogP) is 3.85. The second-order valence-corrected chi connectivity index (χ2v) is 7.64. The Kier molecular flexibility index (Phi) is 4.86. The fraction of sp³-hybridized carbons (Fsp3) is 0.364. The first-order valence-corrected chi connectivity index (χ1v) is 9.04. The van der Waals surface area contributed by atoms with Crippen molar-refractivity contribution in [2.45, 2.75) is 40.7 Å². The number of amides is 2. The van der Waals surface area contributed by atoms with Gasteiger partial charge in [0.05, 0.1) is 0 Å². The summed E-state index contributed by atoms with van der Waals surface area (Å²) >= 11 is 0. The van der Waals surface area contributed by atoms with Gasteiger partial charge in [0.25, 0.3) is 0 Å². The summed E-state index contributed by atoms with van der Waals surface area (Å²) in [6.45, 7) is 8.56.